The first-order valence-corrected chi connectivity index (χ1v) is 7.46. The van der Waals surface area contributed by atoms with E-state index in [1.165, 1.54) is 18.0 Å². The molecule has 0 spiro atoms. The van der Waals surface area contributed by atoms with Gasteiger partial charge in [0.05, 0.1) is 24.4 Å². The molecule has 126 valence electrons. The number of amides is 1. The summed E-state index contributed by atoms with van der Waals surface area (Å²) in [5, 5.41) is 11.8. The Morgan fingerprint density at radius 1 is 1.20 bits per heavy atom. The number of ether oxygens (including phenoxy) is 1. The molecule has 0 aliphatic rings. The summed E-state index contributed by atoms with van der Waals surface area (Å²) in [7, 11) is 1.32. The lowest BCUT2D eigenvalue weighted by Crippen LogP contribution is -2.23. The first kappa shape index (κ1) is 16.3. The number of esters is 1. The van der Waals surface area contributed by atoms with E-state index in [0.717, 1.165) is 16.6 Å². The zero-order chi connectivity index (χ0) is 17.6. The van der Waals surface area contributed by atoms with Crippen LogP contribution in [0, 0.1) is 0 Å². The molecule has 1 heterocycles. The van der Waals surface area contributed by atoms with Crippen LogP contribution in [0.2, 0.25) is 0 Å². The zero-order valence-corrected chi connectivity index (χ0v) is 13.4. The predicted octanol–water partition coefficient (Wildman–Crippen LogP) is 1.37. The van der Waals surface area contributed by atoms with Crippen molar-refractivity contribution in [2.45, 2.75) is 6.54 Å². The number of hydrogen-bond acceptors (Lipinski definition) is 6. The monoisotopic (exact) mass is 337 g/mol. The van der Waals surface area contributed by atoms with E-state index in [-0.39, 0.29) is 12.5 Å². The van der Waals surface area contributed by atoms with Gasteiger partial charge in [-0.2, -0.15) is 5.10 Å². The summed E-state index contributed by atoms with van der Waals surface area (Å²) in [5.74, 6) is -0.727. The second-order valence-electron chi connectivity index (χ2n) is 5.14. The molecule has 3 rings (SSSR count). The van der Waals surface area contributed by atoms with E-state index in [2.05, 4.69) is 25.6 Å². The molecule has 1 amide bonds. The Morgan fingerprint density at radius 3 is 2.72 bits per heavy atom. The molecule has 2 aromatic carbocycles. The fraction of sp³-hybridized carbons (Fsp3) is 0.118. The molecular formula is C17H15N5O3. The third-order valence-electron chi connectivity index (χ3n) is 3.45. The Labute approximate surface area is 143 Å². The highest BCUT2D eigenvalue weighted by Crippen LogP contribution is 2.09. The van der Waals surface area contributed by atoms with Crippen LogP contribution >= 0.6 is 0 Å². The highest BCUT2D eigenvalue weighted by molar-refractivity contribution is 5.90. The topological polar surface area (TPSA) is 98.5 Å². The number of hydrogen-bond donors (Lipinski definition) is 1. The number of hydrazone groups is 1. The number of para-hydroxylation sites is 1. The highest BCUT2D eigenvalue weighted by atomic mass is 16.5. The van der Waals surface area contributed by atoms with Gasteiger partial charge in [-0.3, -0.25) is 4.79 Å². The van der Waals surface area contributed by atoms with Crippen molar-refractivity contribution < 1.29 is 14.3 Å². The fourth-order valence-corrected chi connectivity index (χ4v) is 2.21. The normalized spacial score (nSPS) is 10.9. The van der Waals surface area contributed by atoms with Gasteiger partial charge in [0.15, 0.2) is 0 Å². The average Bonchev–Trinajstić information content (AvgIpc) is 3.04. The van der Waals surface area contributed by atoms with Gasteiger partial charge in [-0.05, 0) is 29.8 Å². The average molecular weight is 337 g/mol. The number of methoxy groups -OCH3 is 1. The molecule has 0 atom stereocenters. The Hall–Kier alpha value is -3.55. The summed E-state index contributed by atoms with van der Waals surface area (Å²) < 4.78 is 6.13. The molecule has 1 aromatic heterocycles. The number of benzene rings is 2. The fourth-order valence-electron chi connectivity index (χ4n) is 2.21. The third kappa shape index (κ3) is 3.86. The van der Waals surface area contributed by atoms with Crippen LogP contribution in [-0.4, -0.2) is 40.2 Å². The van der Waals surface area contributed by atoms with Gasteiger partial charge in [-0.15, -0.1) is 5.10 Å². The summed E-state index contributed by atoms with van der Waals surface area (Å²) in [6, 6.07) is 14.0. The molecule has 0 unspecified atom stereocenters. The van der Waals surface area contributed by atoms with E-state index >= 15 is 0 Å². The van der Waals surface area contributed by atoms with Crippen LogP contribution in [0.5, 0.6) is 0 Å². The van der Waals surface area contributed by atoms with Gasteiger partial charge in [0.2, 0.25) is 0 Å². The van der Waals surface area contributed by atoms with Crippen molar-refractivity contribution in [3.8, 4) is 0 Å². The molecule has 0 bridgehead atoms. The molecule has 1 N–H and O–H groups in total. The molecule has 0 fully saturated rings. The van der Waals surface area contributed by atoms with Gasteiger partial charge in [0.1, 0.15) is 12.1 Å². The second-order valence-corrected chi connectivity index (χ2v) is 5.14. The summed E-state index contributed by atoms with van der Waals surface area (Å²) >= 11 is 0. The van der Waals surface area contributed by atoms with Gasteiger partial charge in [-0.1, -0.05) is 29.5 Å². The van der Waals surface area contributed by atoms with Crippen LogP contribution in [0.4, 0.5) is 0 Å². The minimum Gasteiger partial charge on any atom is -0.465 e. The van der Waals surface area contributed by atoms with Gasteiger partial charge < -0.3 is 4.74 Å². The Kier molecular flexibility index (Phi) is 4.79. The van der Waals surface area contributed by atoms with Crippen molar-refractivity contribution in [3.63, 3.8) is 0 Å². The van der Waals surface area contributed by atoms with Crippen LogP contribution in [0.3, 0.4) is 0 Å². The maximum absolute atomic E-state index is 12.0. The van der Waals surface area contributed by atoms with Crippen LogP contribution in [0.25, 0.3) is 11.0 Å². The Balaban J connectivity index is 1.58. The lowest BCUT2D eigenvalue weighted by molar-refractivity contribution is -0.121. The minimum atomic E-state index is -0.406. The maximum atomic E-state index is 12.0. The van der Waals surface area contributed by atoms with Gasteiger partial charge in [0, 0.05) is 0 Å². The van der Waals surface area contributed by atoms with E-state index < -0.39 is 5.97 Å². The predicted molar refractivity (Wildman–Crippen MR) is 91.0 cm³/mol. The van der Waals surface area contributed by atoms with Crippen molar-refractivity contribution in [3.05, 3.63) is 59.7 Å². The molecular weight excluding hydrogens is 322 g/mol. The number of carbonyl (C=O) groups is 2. The van der Waals surface area contributed by atoms with Crippen LogP contribution in [0.1, 0.15) is 15.9 Å². The number of carbonyl (C=O) groups excluding carboxylic acids is 2. The lowest BCUT2D eigenvalue weighted by atomic mass is 10.1. The number of fused-ring (bicyclic) bond motifs is 1. The van der Waals surface area contributed by atoms with Crippen molar-refractivity contribution >= 4 is 29.1 Å². The molecule has 3 aromatic rings. The SMILES string of the molecule is COC(=O)c1ccc(/C=N\NC(=O)Cn2nnc3ccccc32)cc1. The number of rotatable bonds is 5. The molecule has 0 radical (unpaired) electrons. The van der Waals surface area contributed by atoms with Crippen molar-refractivity contribution in [1.82, 2.24) is 20.4 Å². The van der Waals surface area contributed by atoms with Gasteiger partial charge in [0.25, 0.3) is 5.91 Å². The Bertz CT molecular complexity index is 931. The number of nitrogens with one attached hydrogen (secondary N) is 1. The second kappa shape index (κ2) is 7.35. The van der Waals surface area contributed by atoms with E-state index in [1.807, 2.05) is 24.3 Å². The third-order valence-corrected chi connectivity index (χ3v) is 3.45. The van der Waals surface area contributed by atoms with Crippen LogP contribution < -0.4 is 5.43 Å². The van der Waals surface area contributed by atoms with Gasteiger partial charge >= 0.3 is 5.97 Å². The molecule has 25 heavy (non-hydrogen) atoms. The van der Waals surface area contributed by atoms with Crippen LogP contribution in [-0.2, 0) is 16.1 Å². The van der Waals surface area contributed by atoms with Crippen molar-refractivity contribution in [2.75, 3.05) is 7.11 Å². The zero-order valence-electron chi connectivity index (χ0n) is 13.4. The van der Waals surface area contributed by atoms with Crippen LogP contribution in [0.15, 0.2) is 53.6 Å². The molecule has 0 aliphatic heterocycles. The quantitative estimate of drug-likeness (QED) is 0.431. The van der Waals surface area contributed by atoms with Crippen molar-refractivity contribution in [2.24, 2.45) is 5.10 Å². The molecule has 8 nitrogen and oxygen atoms in total. The highest BCUT2D eigenvalue weighted by Gasteiger charge is 2.07. The summed E-state index contributed by atoms with van der Waals surface area (Å²) in [6.07, 6.45) is 1.48. The Morgan fingerprint density at radius 2 is 1.96 bits per heavy atom. The number of nitrogens with zero attached hydrogens (tertiary/aromatic N) is 4. The van der Waals surface area contributed by atoms with E-state index in [0.29, 0.717) is 5.56 Å². The molecule has 0 saturated heterocycles. The first-order valence-electron chi connectivity index (χ1n) is 7.46. The minimum absolute atomic E-state index is 0.0130. The molecule has 8 heteroatoms. The first-order chi connectivity index (χ1) is 12.2. The smallest absolute Gasteiger partial charge is 0.337 e. The number of aromatic nitrogens is 3. The molecule has 0 saturated carbocycles. The van der Waals surface area contributed by atoms with E-state index in [9.17, 15) is 9.59 Å². The van der Waals surface area contributed by atoms with E-state index in [4.69, 9.17) is 0 Å². The summed E-state index contributed by atoms with van der Waals surface area (Å²) in [6.45, 7) is 0.0130. The largest absolute Gasteiger partial charge is 0.465 e. The standard InChI is InChI=1S/C17H15N5O3/c1-25-17(24)13-8-6-12(7-9-13)10-18-20-16(23)11-22-15-5-3-2-4-14(15)19-21-22/h2-10H,11H2,1H3,(H,20,23)/b18-10-. The van der Waals surface area contributed by atoms with E-state index in [1.54, 1.807) is 24.3 Å². The summed E-state index contributed by atoms with van der Waals surface area (Å²) in [4.78, 5) is 23.3. The lowest BCUT2D eigenvalue weighted by Gasteiger charge is -2.01. The summed E-state index contributed by atoms with van der Waals surface area (Å²) in [5.41, 5.74) is 5.12. The maximum Gasteiger partial charge on any atom is 0.337 e. The molecule has 0 aliphatic carbocycles. The van der Waals surface area contributed by atoms with Crippen molar-refractivity contribution in [1.29, 1.82) is 0 Å². The van der Waals surface area contributed by atoms with Gasteiger partial charge in [-0.25, -0.2) is 14.9 Å².